The summed E-state index contributed by atoms with van der Waals surface area (Å²) in [6.45, 7) is 11.7. The highest BCUT2D eigenvalue weighted by atomic mass is 16.5. The fourth-order valence-electron chi connectivity index (χ4n) is 6.47. The fraction of sp³-hybridized carbons (Fsp3) is 0.571. The van der Waals surface area contributed by atoms with Gasteiger partial charge in [0, 0.05) is 36.6 Å². The van der Waals surface area contributed by atoms with Crippen LogP contribution in [-0.2, 0) is 9.53 Å². The molecule has 2 aromatic carbocycles. The number of ether oxygens (including phenoxy) is 2. The van der Waals surface area contributed by atoms with Crippen LogP contribution in [0.5, 0.6) is 5.75 Å². The lowest BCUT2D eigenvalue weighted by Gasteiger charge is -2.39. The predicted molar refractivity (Wildman–Crippen MR) is 132 cm³/mol. The second-order valence-corrected chi connectivity index (χ2v) is 10.9. The largest absolute Gasteiger partial charge is 0.492 e. The van der Waals surface area contributed by atoms with E-state index in [1.165, 1.54) is 6.42 Å². The smallest absolute Gasteiger partial charge is 0.292 e. The molecule has 3 fully saturated rings. The summed E-state index contributed by atoms with van der Waals surface area (Å²) < 4.78 is 11.5. The monoisotopic (exact) mass is 464 g/mol. The summed E-state index contributed by atoms with van der Waals surface area (Å²) in [5.74, 6) is 0.372. The Labute approximate surface area is 202 Å². The number of rotatable bonds is 7. The first-order chi connectivity index (χ1) is 16.3. The quantitative estimate of drug-likeness (QED) is 0.494. The molecular formula is C28H36N2O4. The van der Waals surface area contributed by atoms with E-state index in [4.69, 9.17) is 9.47 Å². The van der Waals surface area contributed by atoms with Gasteiger partial charge >= 0.3 is 0 Å². The average Bonchev–Trinajstić information content (AvgIpc) is 3.18. The van der Waals surface area contributed by atoms with E-state index >= 15 is 0 Å². The lowest BCUT2D eigenvalue weighted by Crippen LogP contribution is -2.48. The van der Waals surface area contributed by atoms with E-state index < -0.39 is 11.7 Å². The minimum absolute atomic E-state index is 0.0356. The fourth-order valence-corrected chi connectivity index (χ4v) is 6.47. The lowest BCUT2D eigenvalue weighted by molar-refractivity contribution is -0.118. The van der Waals surface area contributed by atoms with Gasteiger partial charge in [0.15, 0.2) is 0 Å². The summed E-state index contributed by atoms with van der Waals surface area (Å²) in [4.78, 5) is 28.7. The van der Waals surface area contributed by atoms with Crippen LogP contribution >= 0.6 is 0 Å². The van der Waals surface area contributed by atoms with E-state index in [0.29, 0.717) is 18.1 Å². The molecule has 3 unspecified atom stereocenters. The maximum absolute atomic E-state index is 13.3. The summed E-state index contributed by atoms with van der Waals surface area (Å²) in [6.07, 6.45) is 3.27. The van der Waals surface area contributed by atoms with Crippen molar-refractivity contribution in [1.82, 2.24) is 10.2 Å². The van der Waals surface area contributed by atoms with Gasteiger partial charge in [0.25, 0.3) is 11.7 Å². The van der Waals surface area contributed by atoms with Gasteiger partial charge < -0.3 is 14.8 Å². The molecule has 1 aliphatic heterocycles. The average molecular weight is 465 g/mol. The van der Waals surface area contributed by atoms with Gasteiger partial charge in [-0.25, -0.2) is 0 Å². The van der Waals surface area contributed by atoms with Crippen LogP contribution in [0, 0.1) is 16.7 Å². The van der Waals surface area contributed by atoms with Gasteiger partial charge in [-0.3, -0.25) is 14.5 Å². The number of Topliss-reactive ketones (excluding diaryl/α,β-unsaturated/α-hetero) is 1. The van der Waals surface area contributed by atoms with E-state index in [0.717, 1.165) is 62.2 Å². The number of carbonyl (C=O) groups excluding carboxylic acids is 2. The molecule has 3 atom stereocenters. The van der Waals surface area contributed by atoms with E-state index in [1.54, 1.807) is 6.07 Å². The second-order valence-electron chi connectivity index (χ2n) is 10.9. The predicted octanol–water partition coefficient (Wildman–Crippen LogP) is 4.06. The Balaban J connectivity index is 1.30. The number of ketones is 1. The molecule has 0 radical (unpaired) electrons. The van der Waals surface area contributed by atoms with E-state index in [-0.39, 0.29) is 16.9 Å². The number of hydrogen-bond acceptors (Lipinski definition) is 5. The molecule has 0 spiro atoms. The highest BCUT2D eigenvalue weighted by molar-refractivity contribution is 6.45. The third-order valence-electron chi connectivity index (χ3n) is 9.20. The van der Waals surface area contributed by atoms with Crippen LogP contribution in [-0.4, -0.2) is 62.1 Å². The van der Waals surface area contributed by atoms with Crippen molar-refractivity contribution in [3.63, 3.8) is 0 Å². The molecule has 182 valence electrons. The van der Waals surface area contributed by atoms with Crippen molar-refractivity contribution < 1.29 is 19.1 Å². The summed E-state index contributed by atoms with van der Waals surface area (Å²) in [5, 5.41) is 4.73. The van der Waals surface area contributed by atoms with Gasteiger partial charge in [0.2, 0.25) is 0 Å². The van der Waals surface area contributed by atoms with E-state index in [1.807, 2.05) is 30.3 Å². The number of morpholine rings is 1. The third kappa shape index (κ3) is 3.91. The minimum atomic E-state index is -0.499. The summed E-state index contributed by atoms with van der Waals surface area (Å²) in [7, 11) is 0. The SMILES string of the molecule is CC1(C)C2CCC1(C)C(NC(=O)C(=O)c1ccc(OCCN3CCOCC3)c3ccccc13)C2. The summed E-state index contributed by atoms with van der Waals surface area (Å²) >= 11 is 0. The normalized spacial score (nSPS) is 28.2. The van der Waals surface area contributed by atoms with Crippen LogP contribution in [0.15, 0.2) is 36.4 Å². The zero-order valence-corrected chi connectivity index (χ0v) is 20.6. The van der Waals surface area contributed by atoms with Gasteiger partial charge in [-0.2, -0.15) is 0 Å². The number of fused-ring (bicyclic) bond motifs is 3. The van der Waals surface area contributed by atoms with E-state index in [9.17, 15) is 9.59 Å². The minimum Gasteiger partial charge on any atom is -0.492 e. The van der Waals surface area contributed by atoms with Crippen molar-refractivity contribution in [2.75, 3.05) is 39.5 Å². The Morgan fingerprint density at radius 1 is 1.09 bits per heavy atom. The third-order valence-corrected chi connectivity index (χ3v) is 9.20. The highest BCUT2D eigenvalue weighted by Gasteiger charge is 2.61. The second kappa shape index (κ2) is 8.97. The van der Waals surface area contributed by atoms with Gasteiger partial charge in [-0.05, 0) is 53.5 Å². The van der Waals surface area contributed by atoms with Gasteiger partial charge in [0.1, 0.15) is 12.4 Å². The summed E-state index contributed by atoms with van der Waals surface area (Å²) in [5.41, 5.74) is 0.649. The van der Waals surface area contributed by atoms with Crippen LogP contribution in [0.25, 0.3) is 10.8 Å². The van der Waals surface area contributed by atoms with E-state index in [2.05, 4.69) is 31.0 Å². The topological polar surface area (TPSA) is 67.9 Å². The molecule has 1 N–H and O–H groups in total. The van der Waals surface area contributed by atoms with Crippen molar-refractivity contribution in [1.29, 1.82) is 0 Å². The Bertz CT molecular complexity index is 1090. The van der Waals surface area contributed by atoms with Gasteiger partial charge in [-0.15, -0.1) is 0 Å². The Morgan fingerprint density at radius 3 is 2.50 bits per heavy atom. The van der Waals surface area contributed by atoms with Crippen LogP contribution in [0.2, 0.25) is 0 Å². The number of carbonyl (C=O) groups is 2. The van der Waals surface area contributed by atoms with Crippen molar-refractivity contribution in [2.24, 2.45) is 16.7 Å². The van der Waals surface area contributed by atoms with Crippen molar-refractivity contribution in [2.45, 2.75) is 46.1 Å². The summed E-state index contributed by atoms with van der Waals surface area (Å²) in [6, 6.07) is 11.3. The van der Waals surface area contributed by atoms with Crippen LogP contribution in [0.3, 0.4) is 0 Å². The van der Waals surface area contributed by atoms with Gasteiger partial charge in [0.05, 0.1) is 13.2 Å². The molecule has 34 heavy (non-hydrogen) atoms. The molecule has 1 heterocycles. The molecule has 2 saturated carbocycles. The van der Waals surface area contributed by atoms with Crippen molar-refractivity contribution in [3.05, 3.63) is 42.0 Å². The first-order valence-electron chi connectivity index (χ1n) is 12.6. The number of amides is 1. The van der Waals surface area contributed by atoms with Crippen LogP contribution in [0.4, 0.5) is 0 Å². The molecule has 1 saturated heterocycles. The van der Waals surface area contributed by atoms with Gasteiger partial charge in [-0.1, -0.05) is 45.0 Å². The number of benzene rings is 2. The maximum atomic E-state index is 13.3. The Morgan fingerprint density at radius 2 is 1.82 bits per heavy atom. The van der Waals surface area contributed by atoms with Crippen LogP contribution < -0.4 is 10.1 Å². The zero-order valence-electron chi connectivity index (χ0n) is 20.6. The molecule has 6 heteroatoms. The maximum Gasteiger partial charge on any atom is 0.292 e. The molecule has 3 aliphatic rings. The molecule has 2 aliphatic carbocycles. The number of nitrogens with zero attached hydrogens (tertiary/aromatic N) is 1. The highest BCUT2D eigenvalue weighted by Crippen LogP contribution is 2.65. The standard InChI is InChI=1S/C28H36N2O4/c1-27(2)19-10-11-28(27,3)24(18-19)29-26(32)25(31)22-8-9-23(21-7-5-4-6-20(21)22)34-17-14-30-12-15-33-16-13-30/h4-9,19,24H,10-18H2,1-3H3,(H,29,32). The molecule has 5 rings (SSSR count). The van der Waals surface area contributed by atoms with Crippen LogP contribution in [0.1, 0.15) is 50.4 Å². The molecule has 1 amide bonds. The first-order valence-corrected chi connectivity index (χ1v) is 12.6. The van der Waals surface area contributed by atoms with Crippen molar-refractivity contribution >= 4 is 22.5 Å². The Hall–Kier alpha value is -2.44. The lowest BCUT2D eigenvalue weighted by atomic mass is 9.69. The van der Waals surface area contributed by atoms with Crippen molar-refractivity contribution in [3.8, 4) is 5.75 Å². The zero-order chi connectivity index (χ0) is 23.9. The molecular weight excluding hydrogens is 428 g/mol. The number of hydrogen-bond donors (Lipinski definition) is 1. The molecule has 6 nitrogen and oxygen atoms in total. The molecule has 2 bridgehead atoms. The number of nitrogens with one attached hydrogen (secondary N) is 1. The molecule has 2 aromatic rings. The Kier molecular flexibility index (Phi) is 6.15. The first kappa shape index (κ1) is 23.3. The molecule has 0 aromatic heterocycles.